The molecule has 1 aromatic carbocycles. The highest BCUT2D eigenvalue weighted by Gasteiger charge is 2.16. The van der Waals surface area contributed by atoms with E-state index in [1.807, 2.05) is 19.9 Å². The van der Waals surface area contributed by atoms with Gasteiger partial charge in [-0.3, -0.25) is 0 Å². The molecule has 0 amide bonds. The molecule has 0 saturated carbocycles. The minimum Gasteiger partial charge on any atom is -0.241 e. The summed E-state index contributed by atoms with van der Waals surface area (Å²) in [5.41, 5.74) is 3.29. The van der Waals surface area contributed by atoms with Crippen molar-refractivity contribution in [1.29, 1.82) is 0 Å². The number of pyridine rings is 1. The van der Waals surface area contributed by atoms with Gasteiger partial charge in [0, 0.05) is 12.2 Å². The maximum atomic E-state index is 12.3. The number of nitrogens with zero attached hydrogens (tertiary/aromatic N) is 1. The summed E-state index contributed by atoms with van der Waals surface area (Å²) in [5.74, 6) is 0. The number of rotatable bonds is 4. The zero-order valence-electron chi connectivity index (χ0n) is 12.1. The molecule has 21 heavy (non-hydrogen) atoms. The number of sulfonamides is 1. The van der Waals surface area contributed by atoms with Crippen molar-refractivity contribution in [3.63, 3.8) is 0 Å². The monoisotopic (exact) mass is 324 g/mol. The van der Waals surface area contributed by atoms with Crippen LogP contribution >= 0.6 is 11.6 Å². The molecule has 0 unspecified atom stereocenters. The number of halogens is 1. The van der Waals surface area contributed by atoms with Crippen LogP contribution in [0.1, 0.15) is 22.4 Å². The van der Waals surface area contributed by atoms with E-state index in [1.165, 1.54) is 0 Å². The first kappa shape index (κ1) is 15.9. The van der Waals surface area contributed by atoms with E-state index in [4.69, 9.17) is 11.6 Å². The van der Waals surface area contributed by atoms with Crippen molar-refractivity contribution in [1.82, 2.24) is 9.71 Å². The van der Waals surface area contributed by atoms with Crippen LogP contribution in [0.15, 0.2) is 35.2 Å². The van der Waals surface area contributed by atoms with Gasteiger partial charge in [0.25, 0.3) is 0 Å². The molecule has 1 heterocycles. The molecule has 0 radical (unpaired) electrons. The molecular weight excluding hydrogens is 308 g/mol. The van der Waals surface area contributed by atoms with E-state index in [-0.39, 0.29) is 6.54 Å². The lowest BCUT2D eigenvalue weighted by molar-refractivity contribution is 0.580. The van der Waals surface area contributed by atoms with Crippen molar-refractivity contribution >= 4 is 21.6 Å². The Labute approximate surface area is 130 Å². The normalized spacial score (nSPS) is 11.6. The van der Waals surface area contributed by atoms with Crippen molar-refractivity contribution in [2.45, 2.75) is 32.2 Å². The van der Waals surface area contributed by atoms with Gasteiger partial charge >= 0.3 is 0 Å². The largest absolute Gasteiger partial charge is 0.241 e. The molecule has 4 nitrogen and oxygen atoms in total. The predicted octanol–water partition coefficient (Wildman–Crippen LogP) is 3.14. The molecule has 0 atom stereocenters. The van der Waals surface area contributed by atoms with Crippen LogP contribution in [0.3, 0.4) is 0 Å². The fraction of sp³-hybridized carbons (Fsp3) is 0.267. The summed E-state index contributed by atoms with van der Waals surface area (Å²) in [6, 6.07) is 8.71. The standard InChI is InChI=1S/C15H17ClN2O2S/c1-10-4-5-14(11(2)6-10)21(19,20)17-9-13-7-12(3)18-15(16)8-13/h4-8,17H,9H2,1-3H3. The van der Waals surface area contributed by atoms with Gasteiger partial charge in [-0.2, -0.15) is 0 Å². The highest BCUT2D eigenvalue weighted by atomic mass is 35.5. The lowest BCUT2D eigenvalue weighted by atomic mass is 10.2. The fourth-order valence-corrected chi connectivity index (χ4v) is 3.67. The van der Waals surface area contributed by atoms with Crippen LogP contribution in [0.25, 0.3) is 0 Å². The molecule has 0 aliphatic heterocycles. The molecule has 0 saturated heterocycles. The summed E-state index contributed by atoms with van der Waals surface area (Å²) >= 11 is 5.87. The second-order valence-electron chi connectivity index (χ2n) is 5.03. The highest BCUT2D eigenvalue weighted by molar-refractivity contribution is 7.89. The van der Waals surface area contributed by atoms with Gasteiger partial charge in [-0.25, -0.2) is 18.1 Å². The Kier molecular flexibility index (Phi) is 4.66. The van der Waals surface area contributed by atoms with Gasteiger partial charge in [0.2, 0.25) is 10.0 Å². The van der Waals surface area contributed by atoms with Crippen LogP contribution in [0.2, 0.25) is 5.15 Å². The van der Waals surface area contributed by atoms with Crippen LogP contribution < -0.4 is 4.72 Å². The second-order valence-corrected chi connectivity index (χ2v) is 7.16. The van der Waals surface area contributed by atoms with Crippen molar-refractivity contribution in [2.24, 2.45) is 0 Å². The number of hydrogen-bond donors (Lipinski definition) is 1. The SMILES string of the molecule is Cc1ccc(S(=O)(=O)NCc2cc(C)nc(Cl)c2)c(C)c1. The molecule has 1 N–H and O–H groups in total. The van der Waals surface area contributed by atoms with Gasteiger partial charge in [0.1, 0.15) is 5.15 Å². The molecule has 6 heteroatoms. The topological polar surface area (TPSA) is 59.1 Å². The Morgan fingerprint density at radius 1 is 1.14 bits per heavy atom. The van der Waals surface area contributed by atoms with Gasteiger partial charge in [-0.1, -0.05) is 29.3 Å². The summed E-state index contributed by atoms with van der Waals surface area (Å²) in [6.45, 7) is 5.71. The maximum Gasteiger partial charge on any atom is 0.241 e. The van der Waals surface area contributed by atoms with E-state index in [2.05, 4.69) is 9.71 Å². The Bertz CT molecular complexity index is 753. The van der Waals surface area contributed by atoms with Crippen LogP contribution in [-0.4, -0.2) is 13.4 Å². The third kappa shape index (κ3) is 4.03. The Hall–Kier alpha value is -1.43. The molecule has 1 aromatic heterocycles. The Morgan fingerprint density at radius 2 is 1.86 bits per heavy atom. The van der Waals surface area contributed by atoms with E-state index in [9.17, 15) is 8.42 Å². The van der Waals surface area contributed by atoms with Crippen molar-refractivity contribution in [3.8, 4) is 0 Å². The van der Waals surface area contributed by atoms with E-state index in [0.717, 1.165) is 22.4 Å². The quantitative estimate of drug-likeness (QED) is 0.879. The van der Waals surface area contributed by atoms with Crippen molar-refractivity contribution in [3.05, 3.63) is 57.9 Å². The average Bonchev–Trinajstić information content (AvgIpc) is 2.35. The Balaban J connectivity index is 2.21. The van der Waals surface area contributed by atoms with E-state index in [1.54, 1.807) is 31.2 Å². The minimum atomic E-state index is -3.55. The number of hydrogen-bond acceptors (Lipinski definition) is 3. The summed E-state index contributed by atoms with van der Waals surface area (Å²) in [5, 5.41) is 0.357. The number of aromatic nitrogens is 1. The fourth-order valence-electron chi connectivity index (χ4n) is 2.15. The first-order chi connectivity index (χ1) is 9.78. The minimum absolute atomic E-state index is 0.179. The lowest BCUT2D eigenvalue weighted by Crippen LogP contribution is -2.24. The lowest BCUT2D eigenvalue weighted by Gasteiger charge is -2.10. The smallest absolute Gasteiger partial charge is 0.241 e. The highest BCUT2D eigenvalue weighted by Crippen LogP contribution is 2.17. The molecule has 112 valence electrons. The van der Waals surface area contributed by atoms with Gasteiger partial charge < -0.3 is 0 Å². The first-order valence-electron chi connectivity index (χ1n) is 6.48. The second kappa shape index (κ2) is 6.13. The molecule has 0 bridgehead atoms. The molecule has 0 fully saturated rings. The van der Waals surface area contributed by atoms with Crippen molar-refractivity contribution in [2.75, 3.05) is 0 Å². The van der Waals surface area contributed by atoms with Gasteiger partial charge in [0.15, 0.2) is 0 Å². The van der Waals surface area contributed by atoms with Gasteiger partial charge in [-0.15, -0.1) is 0 Å². The molecule has 0 spiro atoms. The van der Waals surface area contributed by atoms with Gasteiger partial charge in [0.05, 0.1) is 4.90 Å². The van der Waals surface area contributed by atoms with Crippen LogP contribution in [0.5, 0.6) is 0 Å². The van der Waals surface area contributed by atoms with E-state index >= 15 is 0 Å². The van der Waals surface area contributed by atoms with Crippen LogP contribution in [0, 0.1) is 20.8 Å². The summed E-state index contributed by atoms with van der Waals surface area (Å²) in [6.07, 6.45) is 0. The maximum absolute atomic E-state index is 12.3. The molecule has 0 aliphatic rings. The van der Waals surface area contributed by atoms with Gasteiger partial charge in [-0.05, 0) is 50.1 Å². The zero-order valence-corrected chi connectivity index (χ0v) is 13.7. The predicted molar refractivity (Wildman–Crippen MR) is 83.9 cm³/mol. The number of nitrogens with one attached hydrogen (secondary N) is 1. The van der Waals surface area contributed by atoms with E-state index < -0.39 is 10.0 Å². The van der Waals surface area contributed by atoms with Crippen LogP contribution in [-0.2, 0) is 16.6 Å². The Morgan fingerprint density at radius 3 is 2.48 bits per heavy atom. The summed E-state index contributed by atoms with van der Waals surface area (Å²) < 4.78 is 27.3. The number of benzene rings is 1. The van der Waals surface area contributed by atoms with Crippen LogP contribution in [0.4, 0.5) is 0 Å². The third-order valence-corrected chi connectivity index (χ3v) is 4.82. The number of aryl methyl sites for hydroxylation is 3. The molecular formula is C15H17ClN2O2S. The summed E-state index contributed by atoms with van der Waals surface area (Å²) in [7, 11) is -3.55. The van der Waals surface area contributed by atoms with Crippen molar-refractivity contribution < 1.29 is 8.42 Å². The average molecular weight is 325 g/mol. The summed E-state index contributed by atoms with van der Waals surface area (Å²) in [4.78, 5) is 4.35. The molecule has 0 aliphatic carbocycles. The zero-order chi connectivity index (χ0) is 15.6. The molecule has 2 aromatic rings. The first-order valence-corrected chi connectivity index (χ1v) is 8.34. The van der Waals surface area contributed by atoms with E-state index in [0.29, 0.717) is 10.0 Å². The molecule has 2 rings (SSSR count). The third-order valence-electron chi connectivity index (χ3n) is 3.07.